The standard InChI is InChI=1S/C11H16N2O3S3/c1-8-5-17-11(12-8)18-6-10(14)13(2)9-3-4-19(15,16)7-9/h5,9H,3-4,6-7H2,1-2H3/t9-/m1/s1. The number of carbonyl (C=O) groups excluding carboxylic acids is 1. The van der Waals surface area contributed by atoms with Gasteiger partial charge in [-0.1, -0.05) is 11.8 Å². The molecule has 5 nitrogen and oxygen atoms in total. The zero-order valence-electron chi connectivity index (χ0n) is 10.8. The number of amides is 1. The van der Waals surface area contributed by atoms with Gasteiger partial charge in [-0.3, -0.25) is 4.79 Å². The number of hydrogen-bond acceptors (Lipinski definition) is 6. The number of carbonyl (C=O) groups is 1. The van der Waals surface area contributed by atoms with E-state index >= 15 is 0 Å². The SMILES string of the molecule is Cc1csc(SCC(=O)N(C)[C@@H]2CCS(=O)(=O)C2)n1. The monoisotopic (exact) mass is 320 g/mol. The number of thioether (sulfide) groups is 1. The lowest BCUT2D eigenvalue weighted by Gasteiger charge is -2.22. The first-order valence-corrected chi connectivity index (χ1v) is 9.57. The summed E-state index contributed by atoms with van der Waals surface area (Å²) in [6, 6.07) is -0.170. The highest BCUT2D eigenvalue weighted by atomic mass is 32.2. The van der Waals surface area contributed by atoms with Crippen LogP contribution in [-0.4, -0.2) is 54.6 Å². The Bertz CT molecular complexity index is 567. The molecule has 2 heterocycles. The molecule has 1 fully saturated rings. The maximum atomic E-state index is 12.0. The highest BCUT2D eigenvalue weighted by Gasteiger charge is 2.32. The largest absolute Gasteiger partial charge is 0.341 e. The first-order valence-electron chi connectivity index (χ1n) is 5.88. The second-order valence-electron chi connectivity index (χ2n) is 4.60. The van der Waals surface area contributed by atoms with E-state index in [-0.39, 0.29) is 23.5 Å². The van der Waals surface area contributed by atoms with Crippen LogP contribution < -0.4 is 0 Å². The molecule has 19 heavy (non-hydrogen) atoms. The zero-order chi connectivity index (χ0) is 14.0. The number of nitrogens with zero attached hydrogens (tertiary/aromatic N) is 2. The minimum atomic E-state index is -2.95. The van der Waals surface area contributed by atoms with Crippen LogP contribution in [0.3, 0.4) is 0 Å². The summed E-state index contributed by atoms with van der Waals surface area (Å²) >= 11 is 2.92. The Hall–Kier alpha value is -0.600. The number of hydrogen-bond donors (Lipinski definition) is 0. The fourth-order valence-electron chi connectivity index (χ4n) is 1.91. The summed E-state index contributed by atoms with van der Waals surface area (Å²) in [7, 11) is -1.27. The fourth-order valence-corrected chi connectivity index (χ4v) is 5.46. The molecule has 1 aliphatic rings. The Morgan fingerprint density at radius 2 is 2.37 bits per heavy atom. The Morgan fingerprint density at radius 3 is 2.89 bits per heavy atom. The second kappa shape index (κ2) is 5.80. The fraction of sp³-hybridized carbons (Fsp3) is 0.636. The van der Waals surface area contributed by atoms with E-state index in [1.807, 2.05) is 12.3 Å². The van der Waals surface area contributed by atoms with Crippen molar-refractivity contribution in [3.8, 4) is 0 Å². The molecule has 1 aromatic heterocycles. The van der Waals surface area contributed by atoms with Crippen LogP contribution in [0, 0.1) is 6.92 Å². The van der Waals surface area contributed by atoms with Crippen molar-refractivity contribution >= 4 is 38.8 Å². The molecule has 1 aromatic rings. The van der Waals surface area contributed by atoms with E-state index in [1.54, 1.807) is 11.9 Å². The van der Waals surface area contributed by atoms with Gasteiger partial charge in [0.1, 0.15) is 0 Å². The van der Waals surface area contributed by atoms with E-state index in [9.17, 15) is 13.2 Å². The summed E-state index contributed by atoms with van der Waals surface area (Å²) in [5, 5.41) is 1.94. The van der Waals surface area contributed by atoms with Gasteiger partial charge in [0, 0.05) is 24.2 Å². The van der Waals surface area contributed by atoms with E-state index in [1.165, 1.54) is 23.1 Å². The molecule has 1 saturated heterocycles. The minimum absolute atomic E-state index is 0.0417. The number of thiazole rings is 1. The number of rotatable bonds is 4. The molecule has 1 atom stereocenters. The van der Waals surface area contributed by atoms with E-state index < -0.39 is 9.84 Å². The number of aromatic nitrogens is 1. The van der Waals surface area contributed by atoms with E-state index in [0.29, 0.717) is 12.2 Å². The lowest BCUT2D eigenvalue weighted by atomic mass is 10.2. The second-order valence-corrected chi connectivity index (χ2v) is 8.91. The van der Waals surface area contributed by atoms with Crippen LogP contribution in [-0.2, 0) is 14.6 Å². The van der Waals surface area contributed by atoms with Crippen LogP contribution in [0.25, 0.3) is 0 Å². The van der Waals surface area contributed by atoms with Crippen molar-refractivity contribution in [1.82, 2.24) is 9.88 Å². The van der Waals surface area contributed by atoms with E-state index in [4.69, 9.17) is 0 Å². The molecule has 1 amide bonds. The average Bonchev–Trinajstić information content (AvgIpc) is 2.91. The van der Waals surface area contributed by atoms with Crippen molar-refractivity contribution in [2.45, 2.75) is 23.7 Å². The van der Waals surface area contributed by atoms with Crippen molar-refractivity contribution < 1.29 is 13.2 Å². The van der Waals surface area contributed by atoms with Crippen LogP contribution in [0.2, 0.25) is 0 Å². The molecular formula is C11H16N2O3S3. The van der Waals surface area contributed by atoms with E-state index in [0.717, 1.165) is 10.0 Å². The normalized spacial score (nSPS) is 21.5. The number of sulfone groups is 1. The van der Waals surface area contributed by atoms with Crippen LogP contribution in [0.5, 0.6) is 0 Å². The van der Waals surface area contributed by atoms with Crippen LogP contribution >= 0.6 is 23.1 Å². The van der Waals surface area contributed by atoms with Crippen molar-refractivity contribution in [2.75, 3.05) is 24.3 Å². The molecule has 0 bridgehead atoms. The van der Waals surface area contributed by atoms with Crippen LogP contribution in [0.4, 0.5) is 0 Å². The van der Waals surface area contributed by atoms with Crippen LogP contribution in [0.1, 0.15) is 12.1 Å². The molecular weight excluding hydrogens is 304 g/mol. The lowest BCUT2D eigenvalue weighted by Crippen LogP contribution is -2.38. The van der Waals surface area contributed by atoms with Gasteiger partial charge in [-0.25, -0.2) is 13.4 Å². The molecule has 0 saturated carbocycles. The van der Waals surface area contributed by atoms with E-state index in [2.05, 4.69) is 4.98 Å². The predicted molar refractivity (Wildman–Crippen MR) is 77.4 cm³/mol. The molecule has 1 aliphatic heterocycles. The summed E-state index contributed by atoms with van der Waals surface area (Å²) < 4.78 is 23.7. The topological polar surface area (TPSA) is 67.3 Å². The van der Waals surface area contributed by atoms with Crippen LogP contribution in [0.15, 0.2) is 9.72 Å². The predicted octanol–water partition coefficient (Wildman–Crippen LogP) is 1.19. The Balaban J connectivity index is 1.86. The summed E-state index contributed by atoms with van der Waals surface area (Å²) in [4.78, 5) is 17.9. The van der Waals surface area contributed by atoms with Gasteiger partial charge in [0.05, 0.1) is 17.3 Å². The van der Waals surface area contributed by atoms with Gasteiger partial charge in [-0.2, -0.15) is 0 Å². The summed E-state index contributed by atoms with van der Waals surface area (Å²) in [6.07, 6.45) is 0.547. The molecule has 0 spiro atoms. The third-order valence-corrected chi connectivity index (χ3v) is 6.94. The molecule has 0 N–H and O–H groups in total. The number of aryl methyl sites for hydroxylation is 1. The molecule has 2 rings (SSSR count). The quantitative estimate of drug-likeness (QED) is 0.780. The Labute approximate surface area is 121 Å². The summed E-state index contributed by atoms with van der Waals surface area (Å²) in [5.74, 6) is 0.546. The first kappa shape index (κ1) is 14.8. The molecule has 8 heteroatoms. The van der Waals surface area contributed by atoms with Crippen molar-refractivity contribution in [1.29, 1.82) is 0 Å². The molecule has 0 radical (unpaired) electrons. The Kier molecular flexibility index (Phi) is 4.52. The summed E-state index contributed by atoms with van der Waals surface area (Å²) in [5.41, 5.74) is 0.954. The van der Waals surface area contributed by atoms with Crippen molar-refractivity contribution in [3.05, 3.63) is 11.1 Å². The minimum Gasteiger partial charge on any atom is -0.341 e. The third-order valence-electron chi connectivity index (χ3n) is 3.07. The molecule has 0 aromatic carbocycles. The molecule has 0 aliphatic carbocycles. The van der Waals surface area contributed by atoms with Gasteiger partial charge in [-0.05, 0) is 13.3 Å². The average molecular weight is 320 g/mol. The summed E-state index contributed by atoms with van der Waals surface area (Å²) in [6.45, 7) is 1.91. The van der Waals surface area contributed by atoms with Crippen molar-refractivity contribution in [2.24, 2.45) is 0 Å². The Morgan fingerprint density at radius 1 is 1.63 bits per heavy atom. The zero-order valence-corrected chi connectivity index (χ0v) is 13.3. The van der Waals surface area contributed by atoms with Gasteiger partial charge in [-0.15, -0.1) is 11.3 Å². The third kappa shape index (κ3) is 3.93. The molecule has 0 unspecified atom stereocenters. The maximum absolute atomic E-state index is 12.0. The lowest BCUT2D eigenvalue weighted by molar-refractivity contribution is -0.128. The van der Waals surface area contributed by atoms with Crippen molar-refractivity contribution in [3.63, 3.8) is 0 Å². The molecule has 106 valence electrons. The van der Waals surface area contributed by atoms with Gasteiger partial charge in [0.25, 0.3) is 0 Å². The maximum Gasteiger partial charge on any atom is 0.233 e. The smallest absolute Gasteiger partial charge is 0.233 e. The van der Waals surface area contributed by atoms with Gasteiger partial charge >= 0.3 is 0 Å². The first-order chi connectivity index (χ1) is 8.87. The van der Waals surface area contributed by atoms with Gasteiger partial charge in [0.2, 0.25) is 5.91 Å². The van der Waals surface area contributed by atoms with Gasteiger partial charge in [0.15, 0.2) is 14.2 Å². The van der Waals surface area contributed by atoms with Gasteiger partial charge < -0.3 is 4.90 Å². The highest BCUT2D eigenvalue weighted by molar-refractivity contribution is 8.01. The highest BCUT2D eigenvalue weighted by Crippen LogP contribution is 2.23.